The maximum Gasteiger partial charge on any atom is 0.326 e. The Morgan fingerprint density at radius 1 is 0.615 bits per heavy atom. The second kappa shape index (κ2) is 8.20. The van der Waals surface area contributed by atoms with E-state index in [0.717, 1.165) is 0 Å². The van der Waals surface area contributed by atoms with Gasteiger partial charge in [-0.25, -0.2) is 19.6 Å². The van der Waals surface area contributed by atoms with Gasteiger partial charge in [0.25, 0.3) is 0 Å². The zero-order chi connectivity index (χ0) is 18.2. The minimum Gasteiger partial charge on any atom is -0.308 e. The van der Waals surface area contributed by atoms with Gasteiger partial charge >= 0.3 is 12.1 Å². The van der Waals surface area contributed by atoms with E-state index >= 15 is 0 Å². The fourth-order valence-electron chi connectivity index (χ4n) is 1.99. The average Bonchev–Trinajstić information content (AvgIpc) is 2.63. The Bertz CT molecular complexity index is 817. The lowest BCUT2D eigenvalue weighted by Crippen LogP contribution is -2.23. The Labute approximate surface area is 148 Å². The van der Waals surface area contributed by atoms with Crippen molar-refractivity contribution in [3.63, 3.8) is 0 Å². The molecule has 0 bridgehead atoms. The number of nitrogens with zero attached hydrogens (tertiary/aromatic N) is 3. The molecule has 3 aromatic rings. The van der Waals surface area contributed by atoms with Gasteiger partial charge in [-0.15, -0.1) is 0 Å². The van der Waals surface area contributed by atoms with Crippen LogP contribution in [0.4, 0.5) is 32.9 Å². The van der Waals surface area contributed by atoms with Crippen LogP contribution in [0.1, 0.15) is 0 Å². The van der Waals surface area contributed by atoms with E-state index in [2.05, 4.69) is 36.2 Å². The summed E-state index contributed by atoms with van der Waals surface area (Å²) in [4.78, 5) is 35.5. The Balaban J connectivity index is 1.57. The highest BCUT2D eigenvalue weighted by Gasteiger charge is 2.08. The summed E-state index contributed by atoms with van der Waals surface area (Å²) in [7, 11) is 0. The minimum absolute atomic E-state index is 0.00319. The molecule has 0 fully saturated rings. The van der Waals surface area contributed by atoms with Crippen molar-refractivity contribution in [2.45, 2.75) is 0 Å². The van der Waals surface area contributed by atoms with Gasteiger partial charge in [0.05, 0.1) is 0 Å². The van der Waals surface area contributed by atoms with Crippen molar-refractivity contribution < 1.29 is 9.59 Å². The fourth-order valence-corrected chi connectivity index (χ4v) is 1.99. The molecule has 0 aliphatic carbocycles. The Morgan fingerprint density at radius 2 is 1.04 bits per heavy atom. The lowest BCUT2D eigenvalue weighted by atomic mass is 10.3. The maximum atomic E-state index is 11.9. The van der Waals surface area contributed by atoms with Crippen LogP contribution in [-0.2, 0) is 0 Å². The van der Waals surface area contributed by atoms with Gasteiger partial charge in [-0.3, -0.25) is 10.6 Å². The normalized spacial score (nSPS) is 9.85. The maximum absolute atomic E-state index is 11.9. The molecule has 130 valence electrons. The van der Waals surface area contributed by atoms with Gasteiger partial charge < -0.3 is 10.6 Å². The first-order valence-electron chi connectivity index (χ1n) is 7.64. The minimum atomic E-state index is -0.512. The molecule has 2 aromatic carbocycles. The van der Waals surface area contributed by atoms with Crippen molar-refractivity contribution >= 4 is 35.3 Å². The van der Waals surface area contributed by atoms with Gasteiger partial charge in [0.2, 0.25) is 11.9 Å². The summed E-state index contributed by atoms with van der Waals surface area (Å²) in [5, 5.41) is 10.2. The summed E-state index contributed by atoms with van der Waals surface area (Å²) in [5.41, 5.74) is 1.25. The number of rotatable bonds is 4. The van der Waals surface area contributed by atoms with Crippen molar-refractivity contribution in [3.8, 4) is 0 Å². The quantitative estimate of drug-likeness (QED) is 0.576. The molecule has 0 atom stereocenters. The molecular formula is C17H15N7O2. The highest BCUT2D eigenvalue weighted by molar-refractivity contribution is 6.00. The molecule has 0 saturated heterocycles. The molecule has 1 heterocycles. The third-order valence-corrected chi connectivity index (χ3v) is 3.09. The van der Waals surface area contributed by atoms with E-state index in [9.17, 15) is 9.59 Å². The van der Waals surface area contributed by atoms with E-state index in [0.29, 0.717) is 11.4 Å². The fraction of sp³-hybridized carbons (Fsp3) is 0. The predicted molar refractivity (Wildman–Crippen MR) is 98.0 cm³/mol. The van der Waals surface area contributed by atoms with Crippen LogP contribution in [-0.4, -0.2) is 27.0 Å². The number of anilines is 4. The number of hydrogen-bond acceptors (Lipinski definition) is 5. The number of aromatic nitrogens is 3. The lowest BCUT2D eigenvalue weighted by Gasteiger charge is -2.08. The zero-order valence-corrected chi connectivity index (χ0v) is 13.5. The van der Waals surface area contributed by atoms with Crippen molar-refractivity contribution in [2.24, 2.45) is 0 Å². The number of urea groups is 2. The molecule has 1 aromatic heterocycles. The molecule has 0 unspecified atom stereocenters. The van der Waals surface area contributed by atoms with Gasteiger partial charge in [0.1, 0.15) is 6.33 Å². The number of amides is 4. The van der Waals surface area contributed by atoms with Crippen molar-refractivity contribution in [1.29, 1.82) is 0 Å². The molecule has 4 N–H and O–H groups in total. The summed E-state index contributed by atoms with van der Waals surface area (Å²) in [6.45, 7) is 0. The van der Waals surface area contributed by atoms with Crippen LogP contribution >= 0.6 is 0 Å². The van der Waals surface area contributed by atoms with E-state index in [1.165, 1.54) is 6.33 Å². The molecule has 0 spiro atoms. The highest BCUT2D eigenvalue weighted by atomic mass is 16.2. The number of nitrogens with one attached hydrogen (secondary N) is 4. The first-order chi connectivity index (χ1) is 12.7. The second-order valence-electron chi connectivity index (χ2n) is 5.02. The molecule has 0 aliphatic rings. The van der Waals surface area contributed by atoms with E-state index < -0.39 is 12.1 Å². The van der Waals surface area contributed by atoms with Gasteiger partial charge in [0, 0.05) is 11.4 Å². The lowest BCUT2D eigenvalue weighted by molar-refractivity contribution is 0.261. The smallest absolute Gasteiger partial charge is 0.308 e. The topological polar surface area (TPSA) is 121 Å². The molecule has 3 rings (SSSR count). The van der Waals surface area contributed by atoms with Crippen LogP contribution in [0.2, 0.25) is 0 Å². The number of benzene rings is 2. The molecule has 0 saturated carbocycles. The summed E-state index contributed by atoms with van der Waals surface area (Å²) < 4.78 is 0. The molecule has 4 amide bonds. The molecule has 9 nitrogen and oxygen atoms in total. The van der Waals surface area contributed by atoms with Crippen LogP contribution in [0.3, 0.4) is 0 Å². The third-order valence-electron chi connectivity index (χ3n) is 3.09. The van der Waals surface area contributed by atoms with Crippen molar-refractivity contribution in [1.82, 2.24) is 15.0 Å². The molecule has 26 heavy (non-hydrogen) atoms. The summed E-state index contributed by atoms with van der Waals surface area (Å²) in [6, 6.07) is 16.8. The van der Waals surface area contributed by atoms with Crippen LogP contribution < -0.4 is 21.3 Å². The number of para-hydroxylation sites is 2. The van der Waals surface area contributed by atoms with E-state index in [1.54, 1.807) is 48.5 Å². The van der Waals surface area contributed by atoms with Crippen LogP contribution in [0, 0.1) is 0 Å². The number of hydrogen-bond donors (Lipinski definition) is 4. The molecule has 9 heteroatoms. The van der Waals surface area contributed by atoms with Crippen LogP contribution in [0.15, 0.2) is 67.0 Å². The monoisotopic (exact) mass is 349 g/mol. The molecule has 0 radical (unpaired) electrons. The summed E-state index contributed by atoms with van der Waals surface area (Å²) >= 11 is 0. The zero-order valence-electron chi connectivity index (χ0n) is 13.5. The Kier molecular flexibility index (Phi) is 5.31. The van der Waals surface area contributed by atoms with Crippen LogP contribution in [0.25, 0.3) is 0 Å². The van der Waals surface area contributed by atoms with Crippen molar-refractivity contribution in [2.75, 3.05) is 21.3 Å². The standard InChI is InChI=1S/C17H15N7O2/c25-16(20-12-7-3-1-4-8-12)23-14-18-11-19-15(22-14)24-17(26)21-13-9-5-2-6-10-13/h1-11H,(H4,18,19,20,21,22,23,24,25,26). The molecule has 0 aliphatic heterocycles. The van der Waals surface area contributed by atoms with Gasteiger partial charge in [-0.1, -0.05) is 36.4 Å². The Hall–Kier alpha value is -4.01. The van der Waals surface area contributed by atoms with Gasteiger partial charge in [-0.05, 0) is 24.3 Å². The van der Waals surface area contributed by atoms with Gasteiger partial charge in [0.15, 0.2) is 0 Å². The largest absolute Gasteiger partial charge is 0.326 e. The van der Waals surface area contributed by atoms with E-state index in [-0.39, 0.29) is 11.9 Å². The summed E-state index contributed by atoms with van der Waals surface area (Å²) in [5.74, 6) is 0.00637. The first-order valence-corrected chi connectivity index (χ1v) is 7.64. The molecular weight excluding hydrogens is 334 g/mol. The van der Waals surface area contributed by atoms with Gasteiger partial charge in [-0.2, -0.15) is 4.98 Å². The second-order valence-corrected chi connectivity index (χ2v) is 5.02. The Morgan fingerprint density at radius 3 is 1.46 bits per heavy atom. The number of carbonyl (C=O) groups is 2. The number of carbonyl (C=O) groups excluding carboxylic acids is 2. The van der Waals surface area contributed by atoms with E-state index in [1.807, 2.05) is 12.1 Å². The van der Waals surface area contributed by atoms with Crippen LogP contribution in [0.5, 0.6) is 0 Å². The summed E-state index contributed by atoms with van der Waals surface area (Å²) in [6.07, 6.45) is 1.18. The predicted octanol–water partition coefficient (Wildman–Crippen LogP) is 3.16. The third kappa shape index (κ3) is 4.99. The van der Waals surface area contributed by atoms with Crippen molar-refractivity contribution in [3.05, 3.63) is 67.0 Å². The first kappa shape index (κ1) is 16.8. The van der Waals surface area contributed by atoms with E-state index in [4.69, 9.17) is 0 Å². The SMILES string of the molecule is O=C(Nc1ccccc1)Nc1ncnc(NC(=O)Nc2ccccc2)n1. The highest BCUT2D eigenvalue weighted by Crippen LogP contribution is 2.08. The average molecular weight is 349 g/mol.